The van der Waals surface area contributed by atoms with E-state index in [1.165, 1.54) is 16.3 Å². The smallest absolute Gasteiger partial charge is 0.788 e. The molecule has 0 unspecified atom stereocenters. The largest absolute Gasteiger partial charge is 1.00 e. The first-order valence-corrected chi connectivity index (χ1v) is 4.54. The van der Waals surface area contributed by atoms with E-state index in [-0.39, 0.29) is 17.1 Å². The zero-order valence-corrected chi connectivity index (χ0v) is 8.72. The molecule has 0 amide bonds. The fraction of sp³-hybridized carbons (Fsp3) is 0.0909. The third-order valence-corrected chi connectivity index (χ3v) is 2.35. The Labute approximate surface area is 94.2 Å². The molecule has 0 bridgehead atoms. The molecular weight excluding hydrogens is 228 g/mol. The summed E-state index contributed by atoms with van der Waals surface area (Å²) < 4.78 is 0. The van der Waals surface area contributed by atoms with Crippen molar-refractivity contribution in [2.24, 2.45) is 0 Å². The fourth-order valence-electron chi connectivity index (χ4n) is 1.42. The number of benzene rings is 2. The summed E-state index contributed by atoms with van der Waals surface area (Å²) in [6.07, 6.45) is 0. The quantitative estimate of drug-likeness (QED) is 0.542. The monoisotopic (exact) mass is 236 g/mol. The van der Waals surface area contributed by atoms with Crippen LogP contribution in [-0.2, 0) is 35.5 Å². The molecule has 0 saturated carbocycles. The van der Waals surface area contributed by atoms with Crippen molar-refractivity contribution >= 4 is 23.4 Å². The normalized spacial score (nSPS) is 9.62. The number of rotatable bonds is 1. The van der Waals surface area contributed by atoms with E-state index in [1.54, 1.807) is 0 Å². The summed E-state index contributed by atoms with van der Waals surface area (Å²) in [7, 11) is 0. The predicted molar refractivity (Wildman–Crippen MR) is 55.0 cm³/mol. The summed E-state index contributed by atoms with van der Waals surface area (Å²) in [4.78, 5) is 0. The van der Waals surface area contributed by atoms with Crippen LogP contribution >= 0.6 is 0 Å². The second-order valence-corrected chi connectivity index (χ2v) is 3.07. The van der Waals surface area contributed by atoms with E-state index in [0.29, 0.717) is 5.75 Å². The maximum atomic E-state index is 5.05. The summed E-state index contributed by atoms with van der Waals surface area (Å²) >= 11 is 5.05. The molecule has 0 atom stereocenters. The van der Waals surface area contributed by atoms with Crippen LogP contribution in [0.5, 0.6) is 0 Å². The van der Waals surface area contributed by atoms with Gasteiger partial charge in [0.15, 0.2) is 0 Å². The van der Waals surface area contributed by atoms with Crippen molar-refractivity contribution in [3.63, 3.8) is 0 Å². The van der Waals surface area contributed by atoms with E-state index in [0.717, 1.165) is 0 Å². The van der Waals surface area contributed by atoms with Gasteiger partial charge in [0.1, 0.15) is 0 Å². The summed E-state index contributed by atoms with van der Waals surface area (Å²) in [6.45, 7) is 0. The summed E-state index contributed by atoms with van der Waals surface area (Å²) in [6, 6.07) is 14.6. The van der Waals surface area contributed by atoms with Gasteiger partial charge in [-0.25, -0.2) is 0 Å². The van der Waals surface area contributed by atoms with Crippen molar-refractivity contribution in [1.82, 2.24) is 0 Å². The van der Waals surface area contributed by atoms with Gasteiger partial charge in [0.2, 0.25) is 0 Å². The van der Waals surface area contributed by atoms with E-state index in [9.17, 15) is 0 Å². The molecule has 0 N–H and O–H groups in total. The minimum Gasteiger partial charge on any atom is -0.788 e. The van der Waals surface area contributed by atoms with Gasteiger partial charge in [-0.15, -0.1) is 5.75 Å². The van der Waals surface area contributed by atoms with E-state index in [2.05, 4.69) is 42.5 Å². The third kappa shape index (κ3) is 2.08. The maximum absolute atomic E-state index is 5.05. The van der Waals surface area contributed by atoms with Crippen LogP contribution in [0.2, 0.25) is 0 Å². The Bertz CT molecular complexity index is 393. The van der Waals surface area contributed by atoms with Gasteiger partial charge < -0.3 is 12.6 Å². The van der Waals surface area contributed by atoms with Crippen molar-refractivity contribution in [2.75, 3.05) is 0 Å². The molecule has 0 aromatic heterocycles. The number of hydrogen-bond donors (Lipinski definition) is 0. The first-order chi connectivity index (χ1) is 5.92. The van der Waals surface area contributed by atoms with E-state index in [1.807, 2.05) is 0 Å². The van der Waals surface area contributed by atoms with Gasteiger partial charge in [-0.3, -0.25) is 0 Å². The van der Waals surface area contributed by atoms with E-state index in [4.69, 9.17) is 12.6 Å². The van der Waals surface area contributed by atoms with Gasteiger partial charge in [0, 0.05) is 0 Å². The number of fused-ring (bicyclic) bond motifs is 1. The van der Waals surface area contributed by atoms with Crippen molar-refractivity contribution < 1.29 is 17.1 Å². The van der Waals surface area contributed by atoms with Crippen LogP contribution in [0.15, 0.2) is 42.5 Å². The molecule has 0 aliphatic rings. The molecular formula is C11H9CuS. The minimum absolute atomic E-state index is 0. The van der Waals surface area contributed by atoms with Crippen LogP contribution in [0, 0.1) is 0 Å². The van der Waals surface area contributed by atoms with Crippen LogP contribution in [0.25, 0.3) is 10.8 Å². The van der Waals surface area contributed by atoms with E-state index < -0.39 is 0 Å². The molecule has 0 aliphatic heterocycles. The molecule has 0 spiro atoms. The van der Waals surface area contributed by atoms with Gasteiger partial charge in [0.05, 0.1) is 0 Å². The van der Waals surface area contributed by atoms with Crippen molar-refractivity contribution in [3.05, 3.63) is 48.0 Å². The second kappa shape index (κ2) is 4.71. The molecule has 0 nitrogen and oxygen atoms in total. The average molecular weight is 237 g/mol. The molecule has 2 aromatic rings. The van der Waals surface area contributed by atoms with Gasteiger partial charge >= 0.3 is 17.1 Å². The number of hydrogen-bond acceptors (Lipinski definition) is 1. The average Bonchev–Trinajstić information content (AvgIpc) is 2.17. The third-order valence-electron chi connectivity index (χ3n) is 2.04. The van der Waals surface area contributed by atoms with Crippen LogP contribution in [-0.4, -0.2) is 0 Å². The molecule has 0 fully saturated rings. The van der Waals surface area contributed by atoms with Crippen LogP contribution in [0.3, 0.4) is 0 Å². The Morgan fingerprint density at radius 2 is 1.62 bits per heavy atom. The Balaban J connectivity index is 0.000000845. The SMILES string of the molecule is [Cu+].[S-]Cc1cccc2ccccc12. The Morgan fingerprint density at radius 3 is 2.38 bits per heavy atom. The zero-order valence-electron chi connectivity index (χ0n) is 6.96. The van der Waals surface area contributed by atoms with Gasteiger partial charge in [-0.05, 0) is 10.8 Å². The fourth-order valence-corrected chi connectivity index (χ4v) is 1.67. The van der Waals surface area contributed by atoms with Crippen molar-refractivity contribution in [1.29, 1.82) is 0 Å². The second-order valence-electron chi connectivity index (χ2n) is 2.78. The predicted octanol–water partition coefficient (Wildman–Crippen LogP) is 2.88. The van der Waals surface area contributed by atoms with Crippen molar-refractivity contribution in [3.8, 4) is 0 Å². The molecule has 0 radical (unpaired) electrons. The maximum Gasteiger partial charge on any atom is 1.00 e. The van der Waals surface area contributed by atoms with E-state index >= 15 is 0 Å². The molecule has 0 heterocycles. The molecule has 0 saturated heterocycles. The van der Waals surface area contributed by atoms with Crippen LogP contribution in [0.4, 0.5) is 0 Å². The Kier molecular flexibility index (Phi) is 3.86. The zero-order chi connectivity index (χ0) is 8.39. The summed E-state index contributed by atoms with van der Waals surface area (Å²) in [5.74, 6) is 0.696. The first kappa shape index (κ1) is 10.6. The minimum atomic E-state index is 0. The molecule has 2 heteroatoms. The van der Waals surface area contributed by atoms with Crippen molar-refractivity contribution in [2.45, 2.75) is 5.75 Å². The standard InChI is InChI=1S/C11H10S.Cu/c12-8-10-6-3-5-9-4-1-2-7-11(9)10;/h1-7,12H,8H2;/q;+1/p-1. The molecule has 2 rings (SSSR count). The molecule has 2 aromatic carbocycles. The van der Waals surface area contributed by atoms with Gasteiger partial charge in [-0.2, -0.15) is 0 Å². The Hall–Kier alpha value is -0.431. The molecule has 70 valence electrons. The van der Waals surface area contributed by atoms with Gasteiger partial charge in [0.25, 0.3) is 0 Å². The van der Waals surface area contributed by atoms with Crippen LogP contribution < -0.4 is 0 Å². The van der Waals surface area contributed by atoms with Gasteiger partial charge in [-0.1, -0.05) is 48.0 Å². The molecule has 0 aliphatic carbocycles. The van der Waals surface area contributed by atoms with Crippen LogP contribution in [0.1, 0.15) is 5.56 Å². The first-order valence-electron chi connectivity index (χ1n) is 3.96. The summed E-state index contributed by atoms with van der Waals surface area (Å²) in [5, 5.41) is 2.56. The summed E-state index contributed by atoms with van der Waals surface area (Å²) in [5.41, 5.74) is 1.25. The topological polar surface area (TPSA) is 0 Å². The molecule has 13 heavy (non-hydrogen) atoms. The Morgan fingerprint density at radius 1 is 0.923 bits per heavy atom.